The Kier molecular flexibility index (Phi) is 3.69. The van der Waals surface area contributed by atoms with Crippen LogP contribution in [-0.4, -0.2) is 53.5 Å². The van der Waals surface area contributed by atoms with Gasteiger partial charge in [0.25, 0.3) is 5.91 Å². The molecule has 1 saturated carbocycles. The minimum atomic E-state index is -0.988. The van der Waals surface area contributed by atoms with E-state index < -0.39 is 5.97 Å². The Hall–Kier alpha value is -2.11. The van der Waals surface area contributed by atoms with Gasteiger partial charge in [0.05, 0.1) is 5.56 Å². The Morgan fingerprint density at radius 2 is 2.05 bits per heavy atom. The highest BCUT2D eigenvalue weighted by Gasteiger charge is 2.34. The van der Waals surface area contributed by atoms with Crippen LogP contribution in [0.15, 0.2) is 18.3 Å². The fraction of sp³-hybridized carbons (Fsp3) is 0.462. The first kappa shape index (κ1) is 13.3. The van der Waals surface area contributed by atoms with E-state index in [-0.39, 0.29) is 18.5 Å². The van der Waals surface area contributed by atoms with Crippen LogP contribution < -0.4 is 4.90 Å². The van der Waals surface area contributed by atoms with E-state index in [9.17, 15) is 9.59 Å². The van der Waals surface area contributed by atoms with Crippen molar-refractivity contribution in [2.45, 2.75) is 18.9 Å². The summed E-state index contributed by atoms with van der Waals surface area (Å²) in [6.45, 7) is -0.251. The quantitative estimate of drug-likeness (QED) is 0.852. The predicted molar refractivity (Wildman–Crippen MR) is 70.3 cm³/mol. The summed E-state index contributed by atoms with van der Waals surface area (Å²) in [5.41, 5.74) is 0.429. The highest BCUT2D eigenvalue weighted by molar-refractivity contribution is 5.96. The van der Waals surface area contributed by atoms with Gasteiger partial charge in [-0.05, 0) is 25.0 Å². The first-order valence-corrected chi connectivity index (χ1v) is 6.15. The SMILES string of the molecule is CN(C)c1ccc(C(=O)N(CC(=O)O)C2CC2)cn1. The Balaban J connectivity index is 2.14. The van der Waals surface area contributed by atoms with Crippen LogP contribution in [0.3, 0.4) is 0 Å². The summed E-state index contributed by atoms with van der Waals surface area (Å²) in [6.07, 6.45) is 3.25. The monoisotopic (exact) mass is 263 g/mol. The van der Waals surface area contributed by atoms with Crippen molar-refractivity contribution in [3.05, 3.63) is 23.9 Å². The average molecular weight is 263 g/mol. The molecule has 102 valence electrons. The molecule has 1 fully saturated rings. The van der Waals surface area contributed by atoms with Gasteiger partial charge in [-0.2, -0.15) is 0 Å². The molecule has 1 amide bonds. The van der Waals surface area contributed by atoms with Crippen LogP contribution in [0, 0.1) is 0 Å². The number of carboxylic acid groups (broad SMARTS) is 1. The Bertz CT molecular complexity index is 480. The number of rotatable bonds is 5. The predicted octanol–water partition coefficient (Wildman–Crippen LogP) is 0.837. The summed E-state index contributed by atoms with van der Waals surface area (Å²) in [6, 6.07) is 3.50. The zero-order valence-electron chi connectivity index (χ0n) is 11.0. The van der Waals surface area contributed by atoms with Crippen LogP contribution in [-0.2, 0) is 4.79 Å². The zero-order chi connectivity index (χ0) is 14.0. The molecule has 0 aromatic carbocycles. The molecule has 0 spiro atoms. The summed E-state index contributed by atoms with van der Waals surface area (Å²) < 4.78 is 0. The van der Waals surface area contributed by atoms with E-state index in [0.717, 1.165) is 18.7 Å². The van der Waals surface area contributed by atoms with E-state index in [1.807, 2.05) is 19.0 Å². The van der Waals surface area contributed by atoms with E-state index in [0.29, 0.717) is 5.56 Å². The molecule has 0 atom stereocenters. The second-order valence-electron chi connectivity index (χ2n) is 4.86. The van der Waals surface area contributed by atoms with E-state index in [1.54, 1.807) is 12.1 Å². The number of hydrogen-bond acceptors (Lipinski definition) is 4. The molecule has 6 nitrogen and oxygen atoms in total. The highest BCUT2D eigenvalue weighted by Crippen LogP contribution is 2.28. The van der Waals surface area contributed by atoms with Crippen LogP contribution >= 0.6 is 0 Å². The Morgan fingerprint density at radius 1 is 1.37 bits per heavy atom. The van der Waals surface area contributed by atoms with Gasteiger partial charge in [0.1, 0.15) is 12.4 Å². The van der Waals surface area contributed by atoms with Crippen LogP contribution in [0.2, 0.25) is 0 Å². The maximum atomic E-state index is 12.3. The fourth-order valence-electron chi connectivity index (χ4n) is 1.84. The second-order valence-corrected chi connectivity index (χ2v) is 4.86. The summed E-state index contributed by atoms with van der Waals surface area (Å²) in [4.78, 5) is 30.5. The molecule has 2 rings (SSSR count). The number of hydrogen-bond donors (Lipinski definition) is 1. The third kappa shape index (κ3) is 3.21. The number of amides is 1. The number of pyridine rings is 1. The molecule has 1 heterocycles. The first-order valence-electron chi connectivity index (χ1n) is 6.15. The molecule has 1 aliphatic rings. The minimum Gasteiger partial charge on any atom is -0.480 e. The van der Waals surface area contributed by atoms with Crippen molar-refractivity contribution in [3.63, 3.8) is 0 Å². The van der Waals surface area contributed by atoms with Crippen molar-refractivity contribution < 1.29 is 14.7 Å². The molecule has 6 heteroatoms. The maximum absolute atomic E-state index is 12.3. The Labute approximate surface area is 111 Å². The van der Waals surface area contributed by atoms with Gasteiger partial charge in [-0.25, -0.2) is 4.98 Å². The summed E-state index contributed by atoms with van der Waals surface area (Å²) >= 11 is 0. The van der Waals surface area contributed by atoms with Gasteiger partial charge in [0.2, 0.25) is 0 Å². The number of carbonyl (C=O) groups excluding carboxylic acids is 1. The van der Waals surface area contributed by atoms with Crippen molar-refractivity contribution in [2.24, 2.45) is 0 Å². The lowest BCUT2D eigenvalue weighted by Gasteiger charge is -2.20. The molecular formula is C13H17N3O3. The second kappa shape index (κ2) is 5.26. The first-order chi connectivity index (χ1) is 8.99. The molecule has 1 aliphatic carbocycles. The summed E-state index contributed by atoms with van der Waals surface area (Å²) in [5.74, 6) is -0.492. The number of aromatic nitrogens is 1. The van der Waals surface area contributed by atoms with Crippen LogP contribution in [0.5, 0.6) is 0 Å². The molecule has 0 aliphatic heterocycles. The molecule has 19 heavy (non-hydrogen) atoms. The van der Waals surface area contributed by atoms with Crippen molar-refractivity contribution in [3.8, 4) is 0 Å². The van der Waals surface area contributed by atoms with Crippen molar-refractivity contribution >= 4 is 17.7 Å². The van der Waals surface area contributed by atoms with E-state index in [4.69, 9.17) is 5.11 Å². The summed E-state index contributed by atoms with van der Waals surface area (Å²) in [7, 11) is 3.73. The normalized spacial score (nSPS) is 14.0. The maximum Gasteiger partial charge on any atom is 0.323 e. The molecule has 1 aromatic heterocycles. The third-order valence-corrected chi connectivity index (χ3v) is 3.01. The third-order valence-electron chi connectivity index (χ3n) is 3.01. The van der Waals surface area contributed by atoms with E-state index in [1.165, 1.54) is 11.1 Å². The molecular weight excluding hydrogens is 246 g/mol. The van der Waals surface area contributed by atoms with Gasteiger partial charge in [-0.15, -0.1) is 0 Å². The number of carboxylic acids is 1. The lowest BCUT2D eigenvalue weighted by atomic mass is 10.2. The largest absolute Gasteiger partial charge is 0.480 e. The van der Waals surface area contributed by atoms with Gasteiger partial charge in [-0.3, -0.25) is 9.59 Å². The lowest BCUT2D eigenvalue weighted by molar-refractivity contribution is -0.137. The average Bonchev–Trinajstić information content (AvgIpc) is 3.19. The molecule has 0 saturated heterocycles. The summed E-state index contributed by atoms with van der Waals surface area (Å²) in [5, 5.41) is 8.86. The highest BCUT2D eigenvalue weighted by atomic mass is 16.4. The Morgan fingerprint density at radius 3 is 2.47 bits per heavy atom. The molecule has 0 radical (unpaired) electrons. The van der Waals surface area contributed by atoms with Crippen LogP contribution in [0.1, 0.15) is 23.2 Å². The van der Waals surface area contributed by atoms with Gasteiger partial charge in [-0.1, -0.05) is 0 Å². The van der Waals surface area contributed by atoms with Gasteiger partial charge in [0, 0.05) is 26.3 Å². The van der Waals surface area contributed by atoms with Gasteiger partial charge >= 0.3 is 5.97 Å². The number of nitrogens with zero attached hydrogens (tertiary/aromatic N) is 3. The van der Waals surface area contributed by atoms with Crippen LogP contribution in [0.4, 0.5) is 5.82 Å². The molecule has 1 N–H and O–H groups in total. The smallest absolute Gasteiger partial charge is 0.323 e. The zero-order valence-corrected chi connectivity index (χ0v) is 11.0. The van der Waals surface area contributed by atoms with Crippen molar-refractivity contribution in [1.82, 2.24) is 9.88 Å². The molecule has 0 bridgehead atoms. The standard InChI is InChI=1S/C13H17N3O3/c1-15(2)11-6-3-9(7-14-11)13(19)16(8-12(17)18)10-4-5-10/h3,6-7,10H,4-5,8H2,1-2H3,(H,17,18). The van der Waals surface area contributed by atoms with Gasteiger partial charge in [0.15, 0.2) is 0 Å². The van der Waals surface area contributed by atoms with Crippen molar-refractivity contribution in [1.29, 1.82) is 0 Å². The molecule has 0 unspecified atom stereocenters. The van der Waals surface area contributed by atoms with Crippen molar-refractivity contribution in [2.75, 3.05) is 25.5 Å². The number of aliphatic carboxylic acids is 1. The topological polar surface area (TPSA) is 73.7 Å². The minimum absolute atomic E-state index is 0.0668. The lowest BCUT2D eigenvalue weighted by Crippen LogP contribution is -2.37. The van der Waals surface area contributed by atoms with Gasteiger partial charge < -0.3 is 14.9 Å². The van der Waals surface area contributed by atoms with E-state index >= 15 is 0 Å². The number of carbonyl (C=O) groups is 2. The van der Waals surface area contributed by atoms with Crippen LogP contribution in [0.25, 0.3) is 0 Å². The van der Waals surface area contributed by atoms with E-state index in [2.05, 4.69) is 4.98 Å². The number of anilines is 1. The fourth-order valence-corrected chi connectivity index (χ4v) is 1.84. The molecule has 1 aromatic rings.